The van der Waals surface area contributed by atoms with Crippen LogP contribution in [-0.2, 0) is 0 Å². The van der Waals surface area contributed by atoms with Crippen molar-refractivity contribution in [3.05, 3.63) is 42.0 Å². The van der Waals surface area contributed by atoms with Crippen molar-refractivity contribution in [2.75, 3.05) is 25.1 Å². The van der Waals surface area contributed by atoms with Crippen molar-refractivity contribution in [2.45, 2.75) is 59.4 Å². The summed E-state index contributed by atoms with van der Waals surface area (Å²) in [4.78, 5) is 14.9. The number of hydrogen-bond donors (Lipinski definition) is 4. The molecule has 0 saturated carbocycles. The zero-order valence-corrected chi connectivity index (χ0v) is 19.5. The van der Waals surface area contributed by atoms with Crippen molar-refractivity contribution in [1.82, 2.24) is 0 Å². The highest BCUT2D eigenvalue weighted by molar-refractivity contribution is 6.03. The molecule has 6 nitrogen and oxygen atoms in total. The van der Waals surface area contributed by atoms with Gasteiger partial charge in [-0.15, -0.1) is 0 Å². The van der Waals surface area contributed by atoms with E-state index < -0.39 is 30.3 Å². The van der Waals surface area contributed by atoms with Crippen LogP contribution in [0.2, 0.25) is 0 Å². The van der Waals surface area contributed by atoms with Crippen LogP contribution in [-0.4, -0.2) is 64.7 Å². The van der Waals surface area contributed by atoms with Gasteiger partial charge >= 0.3 is 0 Å². The van der Waals surface area contributed by atoms with E-state index in [-0.39, 0.29) is 17.7 Å². The Labute approximate surface area is 185 Å². The number of fused-ring (bicyclic) bond motifs is 1. The molecule has 0 aliphatic carbocycles. The van der Waals surface area contributed by atoms with Gasteiger partial charge in [-0.25, -0.2) is 0 Å². The van der Waals surface area contributed by atoms with E-state index in [4.69, 9.17) is 5.11 Å². The van der Waals surface area contributed by atoms with E-state index in [1.807, 2.05) is 50.2 Å². The molecule has 0 radical (unpaired) electrons. The molecule has 0 amide bonds. The molecule has 2 aromatic rings. The Bertz CT molecular complexity index is 902. The first-order valence-electron chi connectivity index (χ1n) is 10.7. The van der Waals surface area contributed by atoms with Crippen LogP contribution in [0.5, 0.6) is 0 Å². The van der Waals surface area contributed by atoms with Crippen molar-refractivity contribution in [3.63, 3.8) is 0 Å². The molecular formula is C25H37NO5. The molecule has 0 saturated heterocycles. The Balaban J connectivity index is 2.21. The molecule has 0 aliphatic heterocycles. The Hall–Kier alpha value is -1.99. The zero-order chi connectivity index (χ0) is 23.6. The van der Waals surface area contributed by atoms with Crippen LogP contribution in [0.3, 0.4) is 0 Å². The van der Waals surface area contributed by atoms with Gasteiger partial charge in [0, 0.05) is 30.3 Å². The zero-order valence-electron chi connectivity index (χ0n) is 19.5. The molecule has 0 spiro atoms. The molecule has 0 aromatic heterocycles. The predicted molar refractivity (Wildman–Crippen MR) is 125 cm³/mol. The summed E-state index contributed by atoms with van der Waals surface area (Å²) < 4.78 is 0. The van der Waals surface area contributed by atoms with E-state index in [1.165, 1.54) is 0 Å². The molecule has 2 rings (SSSR count). The number of rotatable bonds is 9. The fraction of sp³-hybridized carbons (Fsp3) is 0.560. The van der Waals surface area contributed by atoms with Crippen LogP contribution >= 0.6 is 0 Å². The maximum absolute atomic E-state index is 13.1. The van der Waals surface area contributed by atoms with Gasteiger partial charge in [-0.2, -0.15) is 0 Å². The van der Waals surface area contributed by atoms with Crippen LogP contribution < -0.4 is 4.90 Å². The molecule has 0 heterocycles. The average molecular weight is 432 g/mol. The standard InChI is InChI=1S/C25H37NO5/c1-24(2,3)15-25(4,5)23(31)18-8-7-17-12-19(10-9-16(17)11-18)26(6)13-20(28)22(30)21(29)14-27/h7-12,20-22,27-30H,13-15H2,1-6H3. The quantitative estimate of drug-likeness (QED) is 0.456. The fourth-order valence-electron chi connectivity index (χ4n) is 4.27. The van der Waals surface area contributed by atoms with E-state index in [9.17, 15) is 20.1 Å². The van der Waals surface area contributed by atoms with Crippen LogP contribution in [0, 0.1) is 10.8 Å². The summed E-state index contributed by atoms with van der Waals surface area (Å²) in [6.07, 6.45) is -3.25. The van der Waals surface area contributed by atoms with Gasteiger partial charge in [0.1, 0.15) is 12.2 Å². The summed E-state index contributed by atoms with van der Waals surface area (Å²) in [7, 11) is 1.77. The molecule has 3 unspecified atom stereocenters. The highest BCUT2D eigenvalue weighted by atomic mass is 16.4. The van der Waals surface area contributed by atoms with E-state index in [1.54, 1.807) is 11.9 Å². The van der Waals surface area contributed by atoms with Gasteiger partial charge in [-0.3, -0.25) is 4.79 Å². The van der Waals surface area contributed by atoms with Gasteiger partial charge in [0.15, 0.2) is 5.78 Å². The molecule has 0 fully saturated rings. The van der Waals surface area contributed by atoms with Gasteiger partial charge in [-0.05, 0) is 40.8 Å². The molecule has 0 aliphatic rings. The first-order valence-corrected chi connectivity index (χ1v) is 10.7. The van der Waals surface area contributed by atoms with Crippen molar-refractivity contribution in [3.8, 4) is 0 Å². The SMILES string of the molecule is CN(CC(O)C(O)C(O)CO)c1ccc2cc(C(=O)C(C)(C)CC(C)(C)C)ccc2c1. The molecule has 31 heavy (non-hydrogen) atoms. The van der Waals surface area contributed by atoms with Gasteiger partial charge < -0.3 is 25.3 Å². The van der Waals surface area contributed by atoms with Crippen molar-refractivity contribution >= 4 is 22.2 Å². The van der Waals surface area contributed by atoms with Gasteiger partial charge in [-0.1, -0.05) is 52.8 Å². The van der Waals surface area contributed by atoms with E-state index >= 15 is 0 Å². The number of benzene rings is 2. The average Bonchev–Trinajstić information content (AvgIpc) is 2.69. The normalized spacial score (nSPS) is 15.5. The Kier molecular flexibility index (Phi) is 7.87. The van der Waals surface area contributed by atoms with Gasteiger partial charge in [0.2, 0.25) is 0 Å². The number of likely N-dealkylation sites (N-methyl/N-ethyl adjacent to an activating group) is 1. The molecule has 4 N–H and O–H groups in total. The van der Waals surface area contributed by atoms with Crippen LogP contribution in [0.25, 0.3) is 10.8 Å². The second-order valence-corrected chi connectivity index (χ2v) is 10.4. The van der Waals surface area contributed by atoms with Crippen LogP contribution in [0.1, 0.15) is 51.4 Å². The maximum Gasteiger partial charge on any atom is 0.168 e. The number of aliphatic hydroxyl groups is 4. The maximum atomic E-state index is 13.1. The number of hydrogen-bond acceptors (Lipinski definition) is 6. The Morgan fingerprint density at radius 3 is 2.10 bits per heavy atom. The second kappa shape index (κ2) is 9.65. The third-order valence-corrected chi connectivity index (χ3v) is 5.55. The number of Topliss-reactive ketones (excluding diaryl/α,β-unsaturated/α-hetero) is 1. The summed E-state index contributed by atoms with van der Waals surface area (Å²) in [5.74, 6) is 0.130. The third-order valence-electron chi connectivity index (χ3n) is 5.55. The minimum Gasteiger partial charge on any atom is -0.394 e. The lowest BCUT2D eigenvalue weighted by molar-refractivity contribution is -0.0729. The largest absolute Gasteiger partial charge is 0.394 e. The lowest BCUT2D eigenvalue weighted by Gasteiger charge is -2.31. The fourth-order valence-corrected chi connectivity index (χ4v) is 4.27. The lowest BCUT2D eigenvalue weighted by atomic mass is 9.72. The lowest BCUT2D eigenvalue weighted by Crippen LogP contribution is -2.45. The molecule has 172 valence electrons. The predicted octanol–water partition coefficient (Wildman–Crippen LogP) is 3.00. The number of anilines is 1. The molecular weight excluding hydrogens is 394 g/mol. The summed E-state index contributed by atoms with van der Waals surface area (Å²) in [6, 6.07) is 11.5. The van der Waals surface area contributed by atoms with E-state index in [0.717, 1.165) is 22.9 Å². The minimum absolute atomic E-state index is 0.0564. The van der Waals surface area contributed by atoms with Crippen molar-refractivity contribution < 1.29 is 25.2 Å². The second-order valence-electron chi connectivity index (χ2n) is 10.4. The number of carbonyl (C=O) groups excluding carboxylic acids is 1. The Morgan fingerprint density at radius 1 is 0.935 bits per heavy atom. The van der Waals surface area contributed by atoms with Crippen LogP contribution in [0.4, 0.5) is 5.69 Å². The van der Waals surface area contributed by atoms with Gasteiger partial charge in [0.25, 0.3) is 0 Å². The number of carbonyl (C=O) groups is 1. The van der Waals surface area contributed by atoms with Crippen molar-refractivity contribution in [1.29, 1.82) is 0 Å². The summed E-state index contributed by atoms with van der Waals surface area (Å²) in [5.41, 5.74) is 1.12. The summed E-state index contributed by atoms with van der Waals surface area (Å²) in [5, 5.41) is 40.3. The van der Waals surface area contributed by atoms with Crippen LogP contribution in [0.15, 0.2) is 36.4 Å². The highest BCUT2D eigenvalue weighted by Crippen LogP contribution is 2.36. The first kappa shape index (κ1) is 25.3. The number of nitrogens with zero attached hydrogens (tertiary/aromatic N) is 1. The topological polar surface area (TPSA) is 101 Å². The highest BCUT2D eigenvalue weighted by Gasteiger charge is 2.33. The molecule has 6 heteroatoms. The molecule has 3 atom stereocenters. The van der Waals surface area contributed by atoms with Crippen molar-refractivity contribution in [2.24, 2.45) is 10.8 Å². The first-order chi connectivity index (χ1) is 14.2. The molecule has 2 aromatic carbocycles. The minimum atomic E-state index is -1.43. The summed E-state index contributed by atoms with van der Waals surface area (Å²) >= 11 is 0. The van der Waals surface area contributed by atoms with E-state index in [0.29, 0.717) is 5.56 Å². The third kappa shape index (κ3) is 6.50. The molecule has 0 bridgehead atoms. The van der Waals surface area contributed by atoms with E-state index in [2.05, 4.69) is 20.8 Å². The Morgan fingerprint density at radius 2 is 1.52 bits per heavy atom. The smallest absolute Gasteiger partial charge is 0.168 e. The number of ketones is 1. The van der Waals surface area contributed by atoms with Gasteiger partial charge in [0.05, 0.1) is 12.7 Å². The number of aliphatic hydroxyl groups excluding tert-OH is 4. The summed E-state index contributed by atoms with van der Waals surface area (Å²) in [6.45, 7) is 9.88. The monoisotopic (exact) mass is 431 g/mol.